The van der Waals surface area contributed by atoms with Gasteiger partial charge in [-0.25, -0.2) is 26.3 Å². The summed E-state index contributed by atoms with van der Waals surface area (Å²) in [6, 6.07) is 10.5. The molecule has 1 aliphatic carbocycles. The molecule has 0 saturated heterocycles. The molecule has 0 aromatic heterocycles. The van der Waals surface area contributed by atoms with Crippen LogP contribution in [0.15, 0.2) is 66.7 Å². The third-order valence-corrected chi connectivity index (χ3v) is 8.57. The maximum Gasteiger partial charge on any atom is 0.432 e. The normalized spacial score (nSPS) is 17.0. The molecule has 0 aliphatic heterocycles. The Bertz CT molecular complexity index is 1600. The summed E-state index contributed by atoms with van der Waals surface area (Å²) in [5.74, 6) is -7.69. The molecule has 5 rings (SSSR count). The first-order valence-corrected chi connectivity index (χ1v) is 15.1. The van der Waals surface area contributed by atoms with Gasteiger partial charge in [-0.15, -0.1) is 0 Å². The van der Waals surface area contributed by atoms with E-state index < -0.39 is 57.9 Å². The van der Waals surface area contributed by atoms with E-state index in [0.717, 1.165) is 55.5 Å². The fourth-order valence-electron chi connectivity index (χ4n) is 6.19. The van der Waals surface area contributed by atoms with Crippen molar-refractivity contribution in [2.45, 2.75) is 70.3 Å². The van der Waals surface area contributed by atoms with Gasteiger partial charge in [-0.05, 0) is 84.5 Å². The smallest absolute Gasteiger partial charge is 0.429 e. The van der Waals surface area contributed by atoms with Crippen LogP contribution in [-0.2, 0) is 6.11 Å². The van der Waals surface area contributed by atoms with Gasteiger partial charge >= 0.3 is 6.11 Å². The second-order valence-corrected chi connectivity index (χ2v) is 11.7. The zero-order valence-corrected chi connectivity index (χ0v) is 24.6. The maximum absolute atomic E-state index is 15.2. The van der Waals surface area contributed by atoms with Crippen LogP contribution in [-0.4, -0.2) is 0 Å². The van der Waals surface area contributed by atoms with Crippen LogP contribution in [0.25, 0.3) is 22.3 Å². The molecule has 0 spiro atoms. The van der Waals surface area contributed by atoms with Crippen molar-refractivity contribution >= 4 is 0 Å². The van der Waals surface area contributed by atoms with E-state index in [-0.39, 0.29) is 22.6 Å². The Morgan fingerprint density at radius 2 is 1.29 bits per heavy atom. The Labute approximate surface area is 256 Å². The van der Waals surface area contributed by atoms with Crippen LogP contribution >= 0.6 is 0 Å². The summed E-state index contributed by atoms with van der Waals surface area (Å²) < 4.78 is 122. The van der Waals surface area contributed by atoms with Crippen LogP contribution in [0.5, 0.6) is 5.75 Å². The number of unbranched alkanes of at least 4 members (excludes halogenated alkanes) is 2. The van der Waals surface area contributed by atoms with E-state index >= 15 is 22.0 Å². The van der Waals surface area contributed by atoms with Crippen molar-refractivity contribution < 1.29 is 39.9 Å². The van der Waals surface area contributed by atoms with Crippen molar-refractivity contribution in [2.75, 3.05) is 0 Å². The third kappa shape index (κ3) is 7.34. The molecule has 1 saturated carbocycles. The summed E-state index contributed by atoms with van der Waals surface area (Å²) >= 11 is 0. The van der Waals surface area contributed by atoms with Crippen molar-refractivity contribution in [3.63, 3.8) is 0 Å². The van der Waals surface area contributed by atoms with Gasteiger partial charge in [0.25, 0.3) is 0 Å². The molecule has 1 aliphatic rings. The van der Waals surface area contributed by atoms with Gasteiger partial charge in [0.05, 0.1) is 5.56 Å². The van der Waals surface area contributed by atoms with Crippen LogP contribution in [0.2, 0.25) is 0 Å². The van der Waals surface area contributed by atoms with Crippen molar-refractivity contribution in [3.05, 3.63) is 113 Å². The zero-order chi connectivity index (χ0) is 32.3. The molecule has 0 bridgehead atoms. The van der Waals surface area contributed by atoms with Crippen LogP contribution in [0.3, 0.4) is 0 Å². The first-order chi connectivity index (χ1) is 21.5. The van der Waals surface area contributed by atoms with Crippen LogP contribution in [0, 0.1) is 40.8 Å². The van der Waals surface area contributed by atoms with Gasteiger partial charge < -0.3 is 4.74 Å². The fourth-order valence-corrected chi connectivity index (χ4v) is 6.19. The molecule has 1 nitrogen and oxygen atoms in total. The molecular formula is C36H32F8O. The molecule has 0 unspecified atom stereocenters. The lowest BCUT2D eigenvalue weighted by Gasteiger charge is -2.29. The Morgan fingerprint density at radius 3 is 1.87 bits per heavy atom. The lowest BCUT2D eigenvalue weighted by Crippen LogP contribution is -2.25. The SMILES string of the molecule is CCCCCC1CCC(c2ccc(-c3cc(F)c(C(F)(F)Oc4cc(F)c(-c5ccc(F)cc5)c(F)c4)c(F)c3)c(F)c2)CC1. The van der Waals surface area contributed by atoms with Gasteiger partial charge in [-0.2, -0.15) is 8.78 Å². The zero-order valence-electron chi connectivity index (χ0n) is 24.6. The van der Waals surface area contributed by atoms with Gasteiger partial charge in [0, 0.05) is 17.7 Å². The number of halogens is 8. The third-order valence-electron chi connectivity index (χ3n) is 8.57. The van der Waals surface area contributed by atoms with Crippen LogP contribution < -0.4 is 4.74 Å². The second-order valence-electron chi connectivity index (χ2n) is 11.7. The second kappa shape index (κ2) is 13.6. The maximum atomic E-state index is 15.2. The number of hydrogen-bond donors (Lipinski definition) is 0. The highest BCUT2D eigenvalue weighted by Gasteiger charge is 2.41. The highest BCUT2D eigenvalue weighted by Crippen LogP contribution is 2.41. The van der Waals surface area contributed by atoms with Gasteiger partial charge in [-0.3, -0.25) is 0 Å². The van der Waals surface area contributed by atoms with Gasteiger partial charge in [0.2, 0.25) is 0 Å². The van der Waals surface area contributed by atoms with Crippen molar-refractivity contribution in [1.82, 2.24) is 0 Å². The van der Waals surface area contributed by atoms with E-state index in [0.29, 0.717) is 30.2 Å². The number of benzene rings is 4. The van der Waals surface area contributed by atoms with Gasteiger partial charge in [0.15, 0.2) is 0 Å². The number of ether oxygens (including phenoxy) is 1. The summed E-state index contributed by atoms with van der Waals surface area (Å²) in [5.41, 5.74) is -2.18. The van der Waals surface area contributed by atoms with Crippen molar-refractivity contribution in [3.8, 4) is 28.0 Å². The molecule has 0 radical (unpaired) electrons. The Balaban J connectivity index is 1.32. The van der Waals surface area contributed by atoms with E-state index in [1.807, 2.05) is 0 Å². The van der Waals surface area contributed by atoms with Crippen LogP contribution in [0.4, 0.5) is 35.1 Å². The van der Waals surface area contributed by atoms with Gasteiger partial charge in [0.1, 0.15) is 46.2 Å². The van der Waals surface area contributed by atoms with E-state index in [1.165, 1.54) is 37.8 Å². The molecule has 0 atom stereocenters. The average Bonchev–Trinajstić information content (AvgIpc) is 2.97. The molecule has 0 amide bonds. The Morgan fingerprint density at radius 1 is 0.667 bits per heavy atom. The number of alkyl halides is 2. The summed E-state index contributed by atoms with van der Waals surface area (Å²) in [7, 11) is 0. The lowest BCUT2D eigenvalue weighted by molar-refractivity contribution is -0.189. The minimum absolute atomic E-state index is 0.0668. The minimum atomic E-state index is -4.69. The molecule has 1 fully saturated rings. The molecule has 0 heterocycles. The van der Waals surface area contributed by atoms with E-state index in [4.69, 9.17) is 0 Å². The lowest BCUT2D eigenvalue weighted by atomic mass is 9.77. The predicted molar refractivity (Wildman–Crippen MR) is 157 cm³/mol. The first-order valence-electron chi connectivity index (χ1n) is 15.1. The van der Waals surface area contributed by atoms with E-state index in [2.05, 4.69) is 11.7 Å². The number of rotatable bonds is 10. The first kappa shape index (κ1) is 32.5. The molecule has 4 aromatic rings. The largest absolute Gasteiger partial charge is 0.432 e. The van der Waals surface area contributed by atoms with Crippen LogP contribution in [0.1, 0.15) is 75.3 Å². The number of hydrogen-bond acceptors (Lipinski definition) is 1. The summed E-state index contributed by atoms with van der Waals surface area (Å²) in [5, 5.41) is 0. The van der Waals surface area contributed by atoms with Crippen molar-refractivity contribution in [2.24, 2.45) is 5.92 Å². The predicted octanol–water partition coefficient (Wildman–Crippen LogP) is 11.8. The standard InChI is InChI=1S/C36H32F8O/c1-2-3-4-5-21-6-8-22(9-7-21)24-12-15-28(29(38)16-24)25-17-32(41)35(33(42)18-25)36(43,44)45-27-19-30(39)34(31(40)20-27)23-10-13-26(37)14-11-23/h10-22H,2-9H2,1H3. The topological polar surface area (TPSA) is 9.23 Å². The van der Waals surface area contributed by atoms with Crippen molar-refractivity contribution in [1.29, 1.82) is 0 Å². The Hall–Kier alpha value is -3.88. The molecule has 0 N–H and O–H groups in total. The minimum Gasteiger partial charge on any atom is -0.429 e. The van der Waals surface area contributed by atoms with E-state index in [9.17, 15) is 13.2 Å². The van der Waals surface area contributed by atoms with Gasteiger partial charge in [-0.1, -0.05) is 56.9 Å². The highest BCUT2D eigenvalue weighted by atomic mass is 19.3. The summed E-state index contributed by atoms with van der Waals surface area (Å²) in [4.78, 5) is 0. The monoisotopic (exact) mass is 632 g/mol. The molecule has 238 valence electrons. The summed E-state index contributed by atoms with van der Waals surface area (Å²) in [6.45, 7) is 2.17. The fraction of sp³-hybridized carbons (Fsp3) is 0.333. The van der Waals surface area contributed by atoms with E-state index in [1.54, 1.807) is 6.07 Å². The molecule has 45 heavy (non-hydrogen) atoms. The molecule has 9 heteroatoms. The highest BCUT2D eigenvalue weighted by molar-refractivity contribution is 5.67. The average molecular weight is 633 g/mol. The molecule has 4 aromatic carbocycles. The molecular weight excluding hydrogens is 600 g/mol. The quantitative estimate of drug-likeness (QED) is 0.125. The Kier molecular flexibility index (Phi) is 9.85. The summed E-state index contributed by atoms with van der Waals surface area (Å²) in [6.07, 6.45) is 4.06.